The van der Waals surface area contributed by atoms with E-state index >= 15 is 0 Å². The Kier molecular flexibility index (Phi) is 1.04. The fraction of sp³-hybridized carbons (Fsp3) is 0.111. The molecule has 1 aliphatic rings. The van der Waals surface area contributed by atoms with Crippen molar-refractivity contribution in [2.45, 2.75) is 12.8 Å². The van der Waals surface area contributed by atoms with Crippen molar-refractivity contribution in [3.63, 3.8) is 0 Å². The SMILES string of the molecule is [2H]C1=C(c2cc([2H])c([2H])c([2H])c2[2H])C([2H])C([2H])([2H])C(c2c([2H])cc([2H])c([2H])c2[2H])=C1[2H]. The summed E-state index contributed by atoms with van der Waals surface area (Å²) in [6.45, 7) is 0. The highest BCUT2D eigenvalue weighted by atomic mass is 14.1. The molecule has 0 amide bonds. The number of benzene rings is 2. The number of hydrogen-bond acceptors (Lipinski definition) is 0. The van der Waals surface area contributed by atoms with Crippen LogP contribution < -0.4 is 0 Å². The highest BCUT2D eigenvalue weighted by molar-refractivity contribution is 5.77. The third-order valence-electron chi connectivity index (χ3n) is 2.32. The maximum Gasteiger partial charge on any atom is 0.0629 e. The van der Waals surface area contributed by atoms with Crippen LogP contribution in [0.2, 0.25) is 0 Å². The molecule has 0 radical (unpaired) electrons. The van der Waals surface area contributed by atoms with Gasteiger partial charge in [-0.1, -0.05) is 72.6 Å². The molecule has 0 nitrogen and oxygen atoms in total. The Bertz CT molecular complexity index is 1180. The van der Waals surface area contributed by atoms with E-state index in [-0.39, 0.29) is 5.56 Å². The number of allylic oxidation sites excluding steroid dienone is 4. The van der Waals surface area contributed by atoms with E-state index < -0.39 is 89.9 Å². The van der Waals surface area contributed by atoms with E-state index in [0.717, 1.165) is 12.1 Å². The molecule has 0 aromatic heterocycles. The monoisotopic (exact) mass is 245 g/mol. The molecule has 1 atom stereocenters. The molecule has 18 heavy (non-hydrogen) atoms. The molecule has 0 fully saturated rings. The van der Waals surface area contributed by atoms with Crippen molar-refractivity contribution in [2.24, 2.45) is 0 Å². The summed E-state index contributed by atoms with van der Waals surface area (Å²) < 4.78 is 105. The number of hydrogen-bond donors (Lipinski definition) is 0. The van der Waals surface area contributed by atoms with Crippen LogP contribution in [0.15, 0.2) is 72.6 Å². The maximum absolute atomic E-state index is 8.48. The highest BCUT2D eigenvalue weighted by Gasteiger charge is 2.09. The first kappa shape index (κ1) is 3.71. The van der Waals surface area contributed by atoms with Gasteiger partial charge in [0, 0.05) is 4.11 Å². The quantitative estimate of drug-likeness (QED) is 0.702. The van der Waals surface area contributed by atoms with Gasteiger partial charge < -0.3 is 0 Å². The van der Waals surface area contributed by atoms with Gasteiger partial charge in [-0.25, -0.2) is 0 Å². The molecule has 0 N–H and O–H groups in total. The predicted octanol–water partition coefficient (Wildman–Crippen LogP) is 4.95. The smallest absolute Gasteiger partial charge is 0.0622 e. The van der Waals surface area contributed by atoms with Crippen molar-refractivity contribution < 1.29 is 17.8 Å². The Labute approximate surface area is 127 Å². The van der Waals surface area contributed by atoms with Crippen molar-refractivity contribution >= 4 is 11.1 Å². The Balaban J connectivity index is 2.42. The first-order valence-corrected chi connectivity index (χ1v) is 5.23. The van der Waals surface area contributed by atoms with Gasteiger partial charge in [0.15, 0.2) is 0 Å². The van der Waals surface area contributed by atoms with E-state index in [1.54, 1.807) is 0 Å². The largest absolute Gasteiger partial charge is 0.0629 e. The van der Waals surface area contributed by atoms with Gasteiger partial charge in [0.05, 0.1) is 13.7 Å². The fourth-order valence-electron chi connectivity index (χ4n) is 1.46. The van der Waals surface area contributed by atoms with E-state index in [0.29, 0.717) is 0 Å². The third kappa shape index (κ3) is 2.28. The molecule has 1 unspecified atom stereocenters. The number of rotatable bonds is 2. The normalized spacial score (nSPS) is 33.1. The van der Waals surface area contributed by atoms with Gasteiger partial charge in [-0.15, -0.1) is 0 Å². The lowest BCUT2D eigenvalue weighted by molar-refractivity contribution is 1.07. The molecule has 0 heteroatoms. The zero-order chi connectivity index (χ0) is 23.6. The molecular weight excluding hydrogens is 216 g/mol. The minimum atomic E-state index is -2.73. The van der Waals surface area contributed by atoms with E-state index in [2.05, 4.69) is 0 Å². The molecule has 0 saturated heterocycles. The lowest BCUT2D eigenvalue weighted by Gasteiger charge is -2.15. The second kappa shape index (κ2) is 5.05. The predicted molar refractivity (Wildman–Crippen MR) is 78.1 cm³/mol. The zero-order valence-corrected chi connectivity index (χ0v) is 9.23. The van der Waals surface area contributed by atoms with Crippen LogP contribution in [0, 0.1) is 0 Å². The van der Waals surface area contributed by atoms with Gasteiger partial charge in [-0.2, -0.15) is 0 Å². The average Bonchev–Trinajstić information content (AvgIpc) is 2.69. The zero-order valence-electron chi connectivity index (χ0n) is 22.2. The van der Waals surface area contributed by atoms with Gasteiger partial charge in [0.1, 0.15) is 0 Å². The summed E-state index contributed by atoms with van der Waals surface area (Å²) in [7, 11) is 0. The first-order chi connectivity index (χ1) is 14.2. The van der Waals surface area contributed by atoms with Crippen LogP contribution in [0.5, 0.6) is 0 Å². The van der Waals surface area contributed by atoms with Crippen molar-refractivity contribution in [3.05, 3.63) is 83.7 Å². The van der Waals surface area contributed by atoms with Crippen LogP contribution in [0.1, 0.15) is 41.7 Å². The molecule has 0 saturated carbocycles. The first-order valence-electron chi connectivity index (χ1n) is 11.8. The topological polar surface area (TPSA) is 0 Å². The van der Waals surface area contributed by atoms with Crippen molar-refractivity contribution in [1.29, 1.82) is 0 Å². The van der Waals surface area contributed by atoms with Crippen LogP contribution in [-0.2, 0) is 0 Å². The molecule has 0 bridgehead atoms. The average molecular weight is 245 g/mol. The van der Waals surface area contributed by atoms with E-state index in [4.69, 9.17) is 17.8 Å². The van der Waals surface area contributed by atoms with Gasteiger partial charge >= 0.3 is 0 Å². The van der Waals surface area contributed by atoms with Crippen LogP contribution in [0.4, 0.5) is 0 Å². The Hall–Kier alpha value is -2.08. The van der Waals surface area contributed by atoms with Gasteiger partial charge in [0.2, 0.25) is 0 Å². The molecule has 0 aliphatic heterocycles. The summed E-state index contributed by atoms with van der Waals surface area (Å²) >= 11 is 0. The second-order valence-corrected chi connectivity index (χ2v) is 3.46. The molecule has 88 valence electrons. The van der Waals surface area contributed by atoms with Crippen LogP contribution >= 0.6 is 0 Å². The lowest BCUT2D eigenvalue weighted by atomic mass is 9.90. The molecule has 1 aliphatic carbocycles. The third-order valence-corrected chi connectivity index (χ3v) is 2.32. The van der Waals surface area contributed by atoms with Crippen LogP contribution in [-0.4, -0.2) is 0 Å². The van der Waals surface area contributed by atoms with E-state index in [1.165, 1.54) is 0 Å². The van der Waals surface area contributed by atoms with E-state index in [1.807, 2.05) is 0 Å². The molecule has 0 spiro atoms. The van der Waals surface area contributed by atoms with Crippen molar-refractivity contribution in [3.8, 4) is 0 Å². The van der Waals surface area contributed by atoms with Gasteiger partial charge in [0.25, 0.3) is 0 Å². The standard InChI is InChI=1S/C18H16/c1-3-7-15(8-4-1)17-11-13-18(14-12-17)16-9-5-2-6-10-16/h1-11,13H,12,14H2/i1D,2D,3D,4D,5D,7D,9D,10D,11D,12D,13D,14D2. The summed E-state index contributed by atoms with van der Waals surface area (Å²) in [4.78, 5) is 0. The maximum atomic E-state index is 8.48. The Morgan fingerprint density at radius 3 is 2.67 bits per heavy atom. The fourth-order valence-corrected chi connectivity index (χ4v) is 1.46. The lowest BCUT2D eigenvalue weighted by Crippen LogP contribution is -1.93. The second-order valence-electron chi connectivity index (χ2n) is 3.46. The van der Waals surface area contributed by atoms with Crippen LogP contribution in [0.25, 0.3) is 11.1 Å². The Morgan fingerprint density at radius 2 is 1.67 bits per heavy atom. The summed E-state index contributed by atoms with van der Waals surface area (Å²) in [5.41, 5.74) is -1.74. The molecular formula is C18H16. The highest BCUT2D eigenvalue weighted by Crippen LogP contribution is 2.31. The summed E-state index contributed by atoms with van der Waals surface area (Å²) in [5, 5.41) is 0. The van der Waals surface area contributed by atoms with Gasteiger partial charge in [-0.05, 0) is 35.0 Å². The van der Waals surface area contributed by atoms with Crippen molar-refractivity contribution in [2.75, 3.05) is 0 Å². The summed E-state index contributed by atoms with van der Waals surface area (Å²) in [5.74, 6) is 0. The molecule has 2 aromatic carbocycles. The molecule has 2 aromatic rings. The minimum absolute atomic E-state index is 0.274. The minimum Gasteiger partial charge on any atom is -0.0622 e. The van der Waals surface area contributed by atoms with Crippen LogP contribution in [0.3, 0.4) is 0 Å². The Morgan fingerprint density at radius 1 is 0.833 bits per heavy atom. The molecule has 3 rings (SSSR count). The van der Waals surface area contributed by atoms with Crippen molar-refractivity contribution in [1.82, 2.24) is 0 Å². The van der Waals surface area contributed by atoms with Gasteiger partial charge in [-0.3, -0.25) is 0 Å². The molecule has 0 heterocycles. The van der Waals surface area contributed by atoms with E-state index in [9.17, 15) is 0 Å². The summed E-state index contributed by atoms with van der Waals surface area (Å²) in [6, 6.07) is -3.82. The summed E-state index contributed by atoms with van der Waals surface area (Å²) in [6.07, 6.45) is -4.64.